The van der Waals surface area contributed by atoms with E-state index in [4.69, 9.17) is 9.47 Å². The molecule has 1 aromatic carbocycles. The Hall–Kier alpha value is -3.21. The van der Waals surface area contributed by atoms with E-state index in [-0.39, 0.29) is 40.6 Å². The summed E-state index contributed by atoms with van der Waals surface area (Å²) in [6.45, 7) is 4.82. The van der Waals surface area contributed by atoms with E-state index in [1.807, 2.05) is 13.8 Å². The first-order chi connectivity index (χ1) is 14.9. The topological polar surface area (TPSA) is 123 Å². The summed E-state index contributed by atoms with van der Waals surface area (Å²) in [6.07, 6.45) is 1.47. The Morgan fingerprint density at radius 1 is 1.16 bits per heavy atom. The van der Waals surface area contributed by atoms with Gasteiger partial charge in [-0.25, -0.2) is 0 Å². The Morgan fingerprint density at radius 2 is 1.94 bits per heavy atom. The molecule has 1 atom stereocenters. The Kier molecular flexibility index (Phi) is 6.03. The third-order valence-electron chi connectivity index (χ3n) is 4.94. The van der Waals surface area contributed by atoms with Gasteiger partial charge in [0, 0.05) is 30.9 Å². The van der Waals surface area contributed by atoms with E-state index in [2.05, 4.69) is 20.8 Å². The number of amides is 3. The number of piperidine rings is 1. The summed E-state index contributed by atoms with van der Waals surface area (Å²) >= 11 is 0.926. The molecule has 0 saturated carbocycles. The Bertz CT molecular complexity index is 1010. The van der Waals surface area contributed by atoms with Crippen LogP contribution < -0.4 is 20.1 Å². The van der Waals surface area contributed by atoms with E-state index in [0.717, 1.165) is 24.2 Å². The van der Waals surface area contributed by atoms with Gasteiger partial charge in [0.25, 0.3) is 11.8 Å². The van der Waals surface area contributed by atoms with Gasteiger partial charge in [-0.15, -0.1) is 10.2 Å². The van der Waals surface area contributed by atoms with Crippen LogP contribution in [0.2, 0.25) is 0 Å². The van der Waals surface area contributed by atoms with Crippen molar-refractivity contribution in [3.8, 4) is 11.5 Å². The largest absolute Gasteiger partial charge is 0.454 e. The van der Waals surface area contributed by atoms with Gasteiger partial charge in [-0.3, -0.25) is 14.4 Å². The van der Waals surface area contributed by atoms with Crippen LogP contribution in [0.15, 0.2) is 18.2 Å². The lowest BCUT2D eigenvalue weighted by Crippen LogP contribution is -2.46. The van der Waals surface area contributed by atoms with Crippen molar-refractivity contribution in [3.63, 3.8) is 0 Å². The molecule has 0 bridgehead atoms. The predicted molar refractivity (Wildman–Crippen MR) is 112 cm³/mol. The highest BCUT2D eigenvalue weighted by Crippen LogP contribution is 2.34. The summed E-state index contributed by atoms with van der Waals surface area (Å²) in [5, 5.41) is 13.6. The number of likely N-dealkylation sites (tertiary alicyclic amines) is 1. The van der Waals surface area contributed by atoms with Crippen molar-refractivity contribution in [2.45, 2.75) is 32.7 Å². The second-order valence-electron chi connectivity index (χ2n) is 7.69. The summed E-state index contributed by atoms with van der Waals surface area (Å²) in [6, 6.07) is 5.10. The minimum Gasteiger partial charge on any atom is -0.454 e. The summed E-state index contributed by atoms with van der Waals surface area (Å²) in [4.78, 5) is 39.3. The summed E-state index contributed by atoms with van der Waals surface area (Å²) in [7, 11) is 0. The molecule has 11 heteroatoms. The third kappa shape index (κ3) is 4.76. The fourth-order valence-corrected chi connectivity index (χ4v) is 4.18. The fourth-order valence-electron chi connectivity index (χ4n) is 3.47. The van der Waals surface area contributed by atoms with E-state index in [1.165, 1.54) is 0 Å². The van der Waals surface area contributed by atoms with E-state index in [9.17, 15) is 14.4 Å². The van der Waals surface area contributed by atoms with Gasteiger partial charge >= 0.3 is 0 Å². The molecule has 1 fully saturated rings. The number of benzene rings is 1. The number of aromatic nitrogens is 2. The van der Waals surface area contributed by atoms with Crippen molar-refractivity contribution < 1.29 is 23.9 Å². The number of anilines is 1. The highest BCUT2D eigenvalue weighted by molar-refractivity contribution is 7.15. The zero-order chi connectivity index (χ0) is 22.0. The zero-order valence-corrected chi connectivity index (χ0v) is 18.0. The first-order valence-corrected chi connectivity index (χ1v) is 10.9. The highest BCUT2D eigenvalue weighted by Gasteiger charge is 2.31. The first kappa shape index (κ1) is 21.0. The van der Waals surface area contributed by atoms with Crippen LogP contribution >= 0.6 is 11.3 Å². The van der Waals surface area contributed by atoms with Crippen molar-refractivity contribution in [1.29, 1.82) is 0 Å². The van der Waals surface area contributed by atoms with Gasteiger partial charge in [0.05, 0.1) is 5.92 Å². The van der Waals surface area contributed by atoms with Crippen molar-refractivity contribution in [3.05, 3.63) is 28.2 Å². The molecule has 3 heterocycles. The van der Waals surface area contributed by atoms with E-state index >= 15 is 0 Å². The maximum atomic E-state index is 12.9. The summed E-state index contributed by atoms with van der Waals surface area (Å²) in [5.41, 5.74) is 0.521. The van der Waals surface area contributed by atoms with Gasteiger partial charge in [0.15, 0.2) is 11.5 Å². The quantitative estimate of drug-likeness (QED) is 0.720. The molecule has 0 aliphatic carbocycles. The maximum Gasteiger partial charge on any atom is 0.286 e. The molecule has 1 aromatic heterocycles. The molecule has 164 valence electrons. The van der Waals surface area contributed by atoms with Crippen molar-refractivity contribution in [2.75, 3.05) is 25.2 Å². The maximum absolute atomic E-state index is 12.9. The fraction of sp³-hybridized carbons (Fsp3) is 0.450. The van der Waals surface area contributed by atoms with Crippen LogP contribution in [0.4, 0.5) is 5.69 Å². The number of rotatable bonds is 5. The second-order valence-corrected chi connectivity index (χ2v) is 8.67. The minimum absolute atomic E-state index is 0.0476. The monoisotopic (exact) mass is 445 g/mol. The number of fused-ring (bicyclic) bond motifs is 1. The van der Waals surface area contributed by atoms with Crippen LogP contribution in [0.5, 0.6) is 11.5 Å². The van der Waals surface area contributed by atoms with Gasteiger partial charge < -0.3 is 25.0 Å². The number of carbonyl (C=O) groups is 3. The van der Waals surface area contributed by atoms with Crippen molar-refractivity contribution in [1.82, 2.24) is 20.4 Å². The van der Waals surface area contributed by atoms with Crippen LogP contribution in [-0.2, 0) is 4.79 Å². The van der Waals surface area contributed by atoms with Gasteiger partial charge in [-0.1, -0.05) is 11.3 Å². The van der Waals surface area contributed by atoms with Crippen LogP contribution in [0, 0.1) is 5.92 Å². The van der Waals surface area contributed by atoms with E-state index < -0.39 is 5.91 Å². The number of nitrogens with zero attached hydrogens (tertiary/aromatic N) is 3. The molecule has 2 N–H and O–H groups in total. The van der Waals surface area contributed by atoms with Crippen LogP contribution in [0.3, 0.4) is 0 Å². The molecule has 0 radical (unpaired) electrons. The average Bonchev–Trinajstić information content (AvgIpc) is 3.42. The van der Waals surface area contributed by atoms with Gasteiger partial charge in [-0.05, 0) is 38.8 Å². The molecule has 2 aliphatic heterocycles. The van der Waals surface area contributed by atoms with Crippen LogP contribution in [0.25, 0.3) is 0 Å². The van der Waals surface area contributed by atoms with E-state index in [0.29, 0.717) is 30.3 Å². The Labute approximate surface area is 182 Å². The van der Waals surface area contributed by atoms with Crippen molar-refractivity contribution in [2.24, 2.45) is 5.92 Å². The lowest BCUT2D eigenvalue weighted by Gasteiger charge is -2.31. The highest BCUT2D eigenvalue weighted by atomic mass is 32.1. The molecule has 1 saturated heterocycles. The molecule has 3 amide bonds. The Balaban J connectivity index is 1.39. The number of hydrogen-bond donors (Lipinski definition) is 2. The van der Waals surface area contributed by atoms with Gasteiger partial charge in [-0.2, -0.15) is 0 Å². The Morgan fingerprint density at radius 3 is 2.74 bits per heavy atom. The molecular weight excluding hydrogens is 422 g/mol. The number of hydrogen-bond acceptors (Lipinski definition) is 8. The lowest BCUT2D eigenvalue weighted by atomic mass is 9.97. The zero-order valence-electron chi connectivity index (χ0n) is 17.2. The van der Waals surface area contributed by atoms with E-state index in [1.54, 1.807) is 23.1 Å². The third-order valence-corrected chi connectivity index (χ3v) is 5.85. The lowest BCUT2D eigenvalue weighted by molar-refractivity contribution is -0.126. The molecule has 4 rings (SSSR count). The normalized spacial score (nSPS) is 17.5. The number of ether oxygens (including phenoxy) is 2. The summed E-state index contributed by atoms with van der Waals surface area (Å²) < 4.78 is 10.5. The van der Waals surface area contributed by atoms with Crippen LogP contribution in [-0.4, -0.2) is 58.7 Å². The molecule has 2 aromatic rings. The number of nitrogens with one attached hydrogen (secondary N) is 2. The average molecular weight is 446 g/mol. The minimum atomic E-state index is -0.469. The van der Waals surface area contributed by atoms with Crippen LogP contribution in [0.1, 0.15) is 46.3 Å². The molecule has 0 unspecified atom stereocenters. The predicted octanol–water partition coefficient (Wildman–Crippen LogP) is 1.90. The smallest absolute Gasteiger partial charge is 0.286 e. The standard InChI is InChI=1S/C20H23N5O5S/c1-11(2)21-16(26)12-4-3-7-25(9-12)20(28)19-24-23-18(31-19)17(27)22-13-5-6-14-15(8-13)30-10-29-14/h5-6,8,11-12H,3-4,7,9-10H2,1-2H3,(H,21,26)(H,22,27)/t12-/m0/s1. The van der Waals surface area contributed by atoms with Gasteiger partial charge in [0.2, 0.25) is 22.7 Å². The molecule has 31 heavy (non-hydrogen) atoms. The number of carbonyl (C=O) groups excluding carboxylic acids is 3. The molecule has 0 spiro atoms. The molecule has 2 aliphatic rings. The van der Waals surface area contributed by atoms with Gasteiger partial charge in [0.1, 0.15) is 0 Å². The molecular formula is C20H23N5O5S. The second kappa shape index (κ2) is 8.88. The first-order valence-electron chi connectivity index (χ1n) is 10.0. The summed E-state index contributed by atoms with van der Waals surface area (Å²) in [5.74, 6) is 0.0797. The molecule has 10 nitrogen and oxygen atoms in total. The SMILES string of the molecule is CC(C)NC(=O)[C@H]1CCCN(C(=O)c2nnc(C(=O)Nc3ccc4c(c3)OCO4)s2)C1. The van der Waals surface area contributed by atoms with Crippen molar-refractivity contribution >= 4 is 34.7 Å².